The van der Waals surface area contributed by atoms with Crippen molar-refractivity contribution in [3.05, 3.63) is 48.7 Å². The largest absolute Gasteiger partial charge is 0.442 e. The molecule has 0 bridgehead atoms. The standard InChI is InChI=1S/C26H38N2O2/c1-2-3-4-5-6-7-8-9-10-11-12-13-14-15-16-20-25(29)26-28-24(22-30-26)23-19-17-18-21-27-23/h9-10,17-19,21-22H,2-8,11-16,20H2,1H3. The summed E-state index contributed by atoms with van der Waals surface area (Å²) < 4.78 is 5.35. The summed E-state index contributed by atoms with van der Waals surface area (Å²) >= 11 is 0. The van der Waals surface area contributed by atoms with Gasteiger partial charge in [-0.25, -0.2) is 4.98 Å². The molecule has 30 heavy (non-hydrogen) atoms. The number of nitrogens with zero attached hydrogens (tertiary/aromatic N) is 2. The molecule has 0 atom stereocenters. The van der Waals surface area contributed by atoms with Crippen LogP contribution in [0.3, 0.4) is 0 Å². The molecule has 0 aliphatic heterocycles. The summed E-state index contributed by atoms with van der Waals surface area (Å²) in [6.07, 6.45) is 24.7. The second kappa shape index (κ2) is 15.6. The Morgan fingerprint density at radius 3 is 2.20 bits per heavy atom. The van der Waals surface area contributed by atoms with Crippen molar-refractivity contribution < 1.29 is 9.21 Å². The zero-order valence-corrected chi connectivity index (χ0v) is 18.7. The van der Waals surface area contributed by atoms with Crippen molar-refractivity contribution >= 4 is 5.78 Å². The maximum atomic E-state index is 12.2. The second-order valence-corrected chi connectivity index (χ2v) is 8.01. The average Bonchev–Trinajstić information content (AvgIpc) is 3.27. The van der Waals surface area contributed by atoms with Crippen molar-refractivity contribution in [1.82, 2.24) is 9.97 Å². The van der Waals surface area contributed by atoms with E-state index in [1.165, 1.54) is 76.9 Å². The van der Waals surface area contributed by atoms with Crippen LogP contribution in [0.4, 0.5) is 0 Å². The van der Waals surface area contributed by atoms with E-state index < -0.39 is 0 Å². The maximum absolute atomic E-state index is 12.2. The first-order valence-corrected chi connectivity index (χ1v) is 11.9. The summed E-state index contributed by atoms with van der Waals surface area (Å²) in [5, 5.41) is 0. The second-order valence-electron chi connectivity index (χ2n) is 8.01. The number of aromatic nitrogens is 2. The van der Waals surface area contributed by atoms with E-state index in [1.54, 1.807) is 6.20 Å². The van der Waals surface area contributed by atoms with Crippen molar-refractivity contribution in [3.63, 3.8) is 0 Å². The quantitative estimate of drug-likeness (QED) is 0.151. The fraction of sp³-hybridized carbons (Fsp3) is 0.577. The van der Waals surface area contributed by atoms with Crippen LogP contribution in [0.1, 0.15) is 108 Å². The van der Waals surface area contributed by atoms with Crippen LogP contribution in [0.15, 0.2) is 47.2 Å². The van der Waals surface area contributed by atoms with Crippen LogP contribution < -0.4 is 0 Å². The molecule has 2 aromatic heterocycles. The van der Waals surface area contributed by atoms with Crippen molar-refractivity contribution in [3.8, 4) is 11.4 Å². The number of Topliss-reactive ketones (excluding diaryl/α,β-unsaturated/α-hetero) is 1. The molecule has 0 unspecified atom stereocenters. The van der Waals surface area contributed by atoms with Gasteiger partial charge in [-0.1, -0.05) is 76.5 Å². The fourth-order valence-electron chi connectivity index (χ4n) is 3.50. The van der Waals surface area contributed by atoms with Crippen molar-refractivity contribution in [1.29, 1.82) is 0 Å². The Labute approximate surface area is 182 Å². The highest BCUT2D eigenvalue weighted by molar-refractivity contribution is 5.92. The zero-order valence-electron chi connectivity index (χ0n) is 18.7. The highest BCUT2D eigenvalue weighted by Crippen LogP contribution is 2.17. The van der Waals surface area contributed by atoms with Crippen molar-refractivity contribution in [2.45, 2.75) is 96.8 Å². The van der Waals surface area contributed by atoms with E-state index in [9.17, 15) is 4.79 Å². The van der Waals surface area contributed by atoms with Crippen LogP contribution >= 0.6 is 0 Å². The van der Waals surface area contributed by atoms with Gasteiger partial charge in [0.15, 0.2) is 0 Å². The Bertz CT molecular complexity index is 722. The first-order chi connectivity index (χ1) is 14.8. The van der Waals surface area contributed by atoms with Crippen LogP contribution in [0.25, 0.3) is 11.4 Å². The van der Waals surface area contributed by atoms with Gasteiger partial charge in [0.25, 0.3) is 5.89 Å². The molecule has 0 saturated heterocycles. The van der Waals surface area contributed by atoms with Gasteiger partial charge in [0.2, 0.25) is 5.78 Å². The summed E-state index contributed by atoms with van der Waals surface area (Å²) in [6.45, 7) is 2.26. The highest BCUT2D eigenvalue weighted by atomic mass is 16.3. The molecule has 0 spiro atoms. The topological polar surface area (TPSA) is 56.0 Å². The van der Waals surface area contributed by atoms with Crippen LogP contribution in [-0.4, -0.2) is 15.8 Å². The predicted molar refractivity (Wildman–Crippen MR) is 124 cm³/mol. The lowest BCUT2D eigenvalue weighted by Crippen LogP contribution is -1.99. The predicted octanol–water partition coefficient (Wildman–Crippen LogP) is 7.96. The molecule has 0 N–H and O–H groups in total. The smallest absolute Gasteiger partial charge is 0.263 e. The van der Waals surface area contributed by atoms with Gasteiger partial charge >= 0.3 is 0 Å². The number of rotatable bonds is 17. The molecule has 0 aliphatic rings. The number of carbonyl (C=O) groups excluding carboxylic acids is 1. The molecule has 0 aliphatic carbocycles. The third kappa shape index (κ3) is 10.00. The number of ketones is 1. The Kier molecular flexibility index (Phi) is 12.5. The molecule has 164 valence electrons. The van der Waals surface area contributed by atoms with E-state index in [2.05, 4.69) is 29.0 Å². The van der Waals surface area contributed by atoms with E-state index in [1.807, 2.05) is 18.2 Å². The molecule has 0 amide bonds. The minimum absolute atomic E-state index is 0.0187. The Hall–Kier alpha value is -2.23. The van der Waals surface area contributed by atoms with Crippen LogP contribution in [0.2, 0.25) is 0 Å². The number of unbranched alkanes of at least 4 members (excludes halogenated alkanes) is 11. The molecule has 4 heteroatoms. The molecule has 4 nitrogen and oxygen atoms in total. The molecule has 0 saturated carbocycles. The van der Waals surface area contributed by atoms with Crippen LogP contribution in [0.5, 0.6) is 0 Å². The number of pyridine rings is 1. The van der Waals surface area contributed by atoms with Gasteiger partial charge < -0.3 is 4.42 Å². The van der Waals surface area contributed by atoms with Gasteiger partial charge in [0.1, 0.15) is 12.0 Å². The van der Waals surface area contributed by atoms with Gasteiger partial charge in [-0.15, -0.1) is 0 Å². The summed E-state index contributed by atoms with van der Waals surface area (Å²) in [7, 11) is 0. The van der Waals surface area contributed by atoms with E-state index >= 15 is 0 Å². The van der Waals surface area contributed by atoms with E-state index in [0.717, 1.165) is 18.5 Å². The Morgan fingerprint density at radius 2 is 1.53 bits per heavy atom. The highest BCUT2D eigenvalue weighted by Gasteiger charge is 2.14. The lowest BCUT2D eigenvalue weighted by Gasteiger charge is -2.00. The summed E-state index contributed by atoms with van der Waals surface area (Å²) in [4.78, 5) is 20.7. The number of carbonyl (C=O) groups is 1. The molecule has 0 fully saturated rings. The van der Waals surface area contributed by atoms with Gasteiger partial charge in [-0.2, -0.15) is 0 Å². The van der Waals surface area contributed by atoms with E-state index in [-0.39, 0.29) is 11.7 Å². The molecule has 0 radical (unpaired) electrons. The third-order valence-electron chi connectivity index (χ3n) is 5.34. The SMILES string of the molecule is CCCCCCCCC=CCCCCCCCC(=O)c1nc(-c2ccccn2)co1. The van der Waals surface area contributed by atoms with Crippen LogP contribution in [0, 0.1) is 0 Å². The lowest BCUT2D eigenvalue weighted by molar-refractivity contribution is 0.0945. The third-order valence-corrected chi connectivity index (χ3v) is 5.34. The first kappa shape index (κ1) is 24.0. The zero-order chi connectivity index (χ0) is 21.3. The Balaban J connectivity index is 1.45. The average molecular weight is 411 g/mol. The normalized spacial score (nSPS) is 11.4. The minimum atomic E-state index is -0.0187. The Morgan fingerprint density at radius 1 is 0.867 bits per heavy atom. The monoisotopic (exact) mass is 410 g/mol. The fourth-order valence-corrected chi connectivity index (χ4v) is 3.50. The summed E-state index contributed by atoms with van der Waals surface area (Å²) in [5.74, 6) is 0.181. The van der Waals surface area contributed by atoms with Crippen molar-refractivity contribution in [2.75, 3.05) is 0 Å². The molecule has 0 aromatic carbocycles. The number of hydrogen-bond donors (Lipinski definition) is 0. The summed E-state index contributed by atoms with van der Waals surface area (Å²) in [6, 6.07) is 5.60. The number of hydrogen-bond acceptors (Lipinski definition) is 4. The van der Waals surface area contributed by atoms with E-state index in [4.69, 9.17) is 4.42 Å². The molecular weight excluding hydrogens is 372 g/mol. The van der Waals surface area contributed by atoms with Crippen molar-refractivity contribution in [2.24, 2.45) is 0 Å². The minimum Gasteiger partial charge on any atom is -0.442 e. The molecule has 2 rings (SSSR count). The van der Waals surface area contributed by atoms with Crippen LogP contribution in [-0.2, 0) is 0 Å². The number of allylic oxidation sites excluding steroid dienone is 2. The first-order valence-electron chi connectivity index (χ1n) is 11.9. The number of oxazole rings is 1. The van der Waals surface area contributed by atoms with Gasteiger partial charge in [-0.05, 0) is 44.2 Å². The molecule has 2 aromatic rings. The molecule has 2 heterocycles. The summed E-state index contributed by atoms with van der Waals surface area (Å²) in [5.41, 5.74) is 1.34. The van der Waals surface area contributed by atoms with E-state index in [0.29, 0.717) is 12.1 Å². The van der Waals surface area contributed by atoms with Gasteiger partial charge in [0, 0.05) is 12.6 Å². The maximum Gasteiger partial charge on any atom is 0.263 e. The lowest BCUT2D eigenvalue weighted by atomic mass is 10.1. The molecular formula is C26H38N2O2. The van der Waals surface area contributed by atoms with Gasteiger partial charge in [-0.3, -0.25) is 9.78 Å². The van der Waals surface area contributed by atoms with Gasteiger partial charge in [0.05, 0.1) is 5.69 Å².